The first-order chi connectivity index (χ1) is 20.7. The van der Waals surface area contributed by atoms with Gasteiger partial charge in [-0.05, 0) is 73.5 Å². The molecule has 3 aromatic carbocycles. The number of hydrogen-bond donors (Lipinski definition) is 1. The van der Waals surface area contributed by atoms with Crippen LogP contribution in [0.5, 0.6) is 0 Å². The lowest BCUT2D eigenvalue weighted by Gasteiger charge is -2.54. The zero-order chi connectivity index (χ0) is 30.1. The maximum absolute atomic E-state index is 14.5. The molecule has 2 aliphatic heterocycles. The standard InChI is InChI=1S/C33H27F3N4O3/c34-24-7-4-8-25(35)28(24)29-26(36)13-14-27(38-29)32(43)39-17-15-33(16-18-39)19-40(20-33)31(42)22-9-11-23(12-10-22)37-30(41)21-5-2-1-3-6-21/h1-14H,15-20H2,(H,37,41). The van der Waals surface area contributed by atoms with Gasteiger partial charge < -0.3 is 15.1 Å². The average Bonchev–Trinajstić information content (AvgIpc) is 3.01. The first-order valence-corrected chi connectivity index (χ1v) is 13.9. The molecule has 2 fully saturated rings. The summed E-state index contributed by atoms with van der Waals surface area (Å²) in [5.74, 6) is -3.64. The van der Waals surface area contributed by atoms with Gasteiger partial charge in [0.15, 0.2) is 0 Å². The summed E-state index contributed by atoms with van der Waals surface area (Å²) in [6.07, 6.45) is 1.34. The number of rotatable bonds is 5. The van der Waals surface area contributed by atoms with E-state index >= 15 is 0 Å². The highest BCUT2D eigenvalue weighted by Gasteiger charge is 2.47. The number of nitrogens with one attached hydrogen (secondary N) is 1. The maximum atomic E-state index is 14.5. The second-order valence-corrected chi connectivity index (χ2v) is 11.0. The zero-order valence-corrected chi connectivity index (χ0v) is 23.0. The number of aromatic nitrogens is 1. The molecule has 0 unspecified atom stereocenters. The molecule has 6 rings (SSSR count). The van der Waals surface area contributed by atoms with Gasteiger partial charge in [-0.2, -0.15) is 0 Å². The predicted molar refractivity (Wildman–Crippen MR) is 154 cm³/mol. The van der Waals surface area contributed by atoms with Gasteiger partial charge in [0.2, 0.25) is 0 Å². The molecule has 1 aromatic heterocycles. The van der Waals surface area contributed by atoms with Crippen molar-refractivity contribution in [3.63, 3.8) is 0 Å². The van der Waals surface area contributed by atoms with Crippen LogP contribution in [0.3, 0.4) is 0 Å². The van der Waals surface area contributed by atoms with Gasteiger partial charge in [0, 0.05) is 48.4 Å². The van der Waals surface area contributed by atoms with Crippen LogP contribution in [0, 0.1) is 22.9 Å². The third-order valence-electron chi connectivity index (χ3n) is 8.14. The Labute approximate surface area is 246 Å². The minimum Gasteiger partial charge on any atom is -0.337 e. The highest BCUT2D eigenvalue weighted by molar-refractivity contribution is 6.04. The number of halogens is 3. The Morgan fingerprint density at radius 3 is 1.98 bits per heavy atom. The van der Waals surface area contributed by atoms with E-state index in [1.54, 1.807) is 58.3 Å². The van der Waals surface area contributed by atoms with E-state index in [0.29, 0.717) is 55.8 Å². The Morgan fingerprint density at radius 2 is 1.33 bits per heavy atom. The van der Waals surface area contributed by atoms with Crippen LogP contribution in [-0.2, 0) is 0 Å². The Balaban J connectivity index is 1.04. The molecule has 0 aliphatic carbocycles. The second kappa shape index (κ2) is 11.4. The summed E-state index contributed by atoms with van der Waals surface area (Å²) in [6.45, 7) is 1.95. The number of amides is 3. The molecular weight excluding hydrogens is 557 g/mol. The topological polar surface area (TPSA) is 82.6 Å². The van der Waals surface area contributed by atoms with Crippen molar-refractivity contribution in [2.75, 3.05) is 31.5 Å². The maximum Gasteiger partial charge on any atom is 0.272 e. The molecule has 1 N–H and O–H groups in total. The molecule has 2 aliphatic rings. The molecular formula is C33H27F3N4O3. The summed E-state index contributed by atoms with van der Waals surface area (Å²) in [5, 5.41) is 2.82. The third-order valence-corrected chi connectivity index (χ3v) is 8.14. The second-order valence-electron chi connectivity index (χ2n) is 11.0. The Morgan fingerprint density at radius 1 is 0.674 bits per heavy atom. The fraction of sp³-hybridized carbons (Fsp3) is 0.212. The van der Waals surface area contributed by atoms with Crippen molar-refractivity contribution in [1.82, 2.24) is 14.8 Å². The number of carbonyl (C=O) groups excluding carboxylic acids is 3. The van der Waals surface area contributed by atoms with Crippen LogP contribution in [0.15, 0.2) is 84.9 Å². The van der Waals surface area contributed by atoms with Crippen molar-refractivity contribution < 1.29 is 27.6 Å². The van der Waals surface area contributed by atoms with Crippen LogP contribution in [0.1, 0.15) is 44.0 Å². The van der Waals surface area contributed by atoms with E-state index in [0.717, 1.165) is 18.2 Å². The fourth-order valence-corrected chi connectivity index (χ4v) is 5.70. The molecule has 4 aromatic rings. The molecule has 0 bridgehead atoms. The Kier molecular flexibility index (Phi) is 7.43. The van der Waals surface area contributed by atoms with Gasteiger partial charge in [-0.1, -0.05) is 24.3 Å². The van der Waals surface area contributed by atoms with Crippen LogP contribution in [0.25, 0.3) is 11.3 Å². The minimum atomic E-state index is -0.967. The molecule has 1 spiro atoms. The average molecular weight is 585 g/mol. The molecule has 2 saturated heterocycles. The van der Waals surface area contributed by atoms with Crippen LogP contribution in [-0.4, -0.2) is 58.7 Å². The van der Waals surface area contributed by atoms with Crippen LogP contribution < -0.4 is 5.32 Å². The molecule has 7 nitrogen and oxygen atoms in total. The van der Waals surface area contributed by atoms with Crippen molar-refractivity contribution >= 4 is 23.4 Å². The molecule has 3 heterocycles. The summed E-state index contributed by atoms with van der Waals surface area (Å²) in [4.78, 5) is 46.0. The van der Waals surface area contributed by atoms with Gasteiger partial charge in [0.25, 0.3) is 17.7 Å². The summed E-state index contributed by atoms with van der Waals surface area (Å²) in [5.41, 5.74) is 0.289. The molecule has 10 heteroatoms. The van der Waals surface area contributed by atoms with E-state index in [1.165, 1.54) is 12.1 Å². The van der Waals surface area contributed by atoms with Crippen molar-refractivity contribution in [1.29, 1.82) is 0 Å². The van der Waals surface area contributed by atoms with E-state index < -0.39 is 34.6 Å². The van der Waals surface area contributed by atoms with Gasteiger partial charge in [-0.15, -0.1) is 0 Å². The Hall–Kier alpha value is -4.99. The lowest BCUT2D eigenvalue weighted by Crippen LogP contribution is -2.62. The largest absolute Gasteiger partial charge is 0.337 e. The van der Waals surface area contributed by atoms with Gasteiger partial charge in [-0.25, -0.2) is 18.2 Å². The highest BCUT2D eigenvalue weighted by atomic mass is 19.1. The van der Waals surface area contributed by atoms with Crippen LogP contribution >= 0.6 is 0 Å². The first-order valence-electron chi connectivity index (χ1n) is 13.9. The van der Waals surface area contributed by atoms with E-state index in [4.69, 9.17) is 0 Å². The molecule has 0 radical (unpaired) electrons. The number of piperidine rings is 1. The van der Waals surface area contributed by atoms with Gasteiger partial charge in [0.05, 0.1) is 5.56 Å². The number of carbonyl (C=O) groups is 3. The number of benzene rings is 3. The molecule has 43 heavy (non-hydrogen) atoms. The number of nitrogens with zero attached hydrogens (tertiary/aromatic N) is 3. The number of anilines is 1. The highest BCUT2D eigenvalue weighted by Crippen LogP contribution is 2.41. The number of hydrogen-bond acceptors (Lipinski definition) is 4. The summed E-state index contributed by atoms with van der Waals surface area (Å²) in [6, 6.07) is 21.0. The number of pyridine rings is 1. The minimum absolute atomic E-state index is 0.0937. The summed E-state index contributed by atoms with van der Waals surface area (Å²) < 4.78 is 43.0. The van der Waals surface area contributed by atoms with E-state index in [1.807, 2.05) is 6.07 Å². The number of likely N-dealkylation sites (tertiary alicyclic amines) is 2. The zero-order valence-electron chi connectivity index (χ0n) is 23.0. The van der Waals surface area contributed by atoms with Gasteiger partial charge in [-0.3, -0.25) is 14.4 Å². The SMILES string of the molecule is O=C(Nc1ccc(C(=O)N2CC3(CCN(C(=O)c4ccc(F)c(-c5c(F)cccc5F)n4)CC3)C2)cc1)c1ccccc1. The van der Waals surface area contributed by atoms with Gasteiger partial charge in [0.1, 0.15) is 28.8 Å². The van der Waals surface area contributed by atoms with Gasteiger partial charge >= 0.3 is 0 Å². The van der Waals surface area contributed by atoms with Crippen LogP contribution in [0.4, 0.5) is 18.9 Å². The smallest absolute Gasteiger partial charge is 0.272 e. The summed E-state index contributed by atoms with van der Waals surface area (Å²) in [7, 11) is 0. The predicted octanol–water partition coefficient (Wildman–Crippen LogP) is 5.80. The molecule has 3 amide bonds. The van der Waals surface area contributed by atoms with Crippen LogP contribution in [0.2, 0.25) is 0 Å². The van der Waals surface area contributed by atoms with E-state index in [9.17, 15) is 27.6 Å². The summed E-state index contributed by atoms with van der Waals surface area (Å²) >= 11 is 0. The van der Waals surface area contributed by atoms with Crippen molar-refractivity contribution in [3.8, 4) is 11.3 Å². The van der Waals surface area contributed by atoms with Crippen molar-refractivity contribution in [2.45, 2.75) is 12.8 Å². The molecule has 218 valence electrons. The van der Waals surface area contributed by atoms with Crippen molar-refractivity contribution in [2.24, 2.45) is 5.41 Å². The van der Waals surface area contributed by atoms with E-state index in [-0.39, 0.29) is 22.9 Å². The lowest BCUT2D eigenvalue weighted by atomic mass is 9.71. The van der Waals surface area contributed by atoms with E-state index in [2.05, 4.69) is 10.3 Å². The monoisotopic (exact) mass is 584 g/mol. The molecule has 0 atom stereocenters. The Bertz CT molecular complexity index is 1680. The quantitative estimate of drug-likeness (QED) is 0.322. The first kappa shape index (κ1) is 28.1. The van der Waals surface area contributed by atoms with Crippen molar-refractivity contribution in [3.05, 3.63) is 119 Å². The lowest BCUT2D eigenvalue weighted by molar-refractivity contribution is -0.0288. The fourth-order valence-electron chi connectivity index (χ4n) is 5.70. The third kappa shape index (κ3) is 5.60. The normalized spacial score (nSPS) is 15.6. The molecule has 0 saturated carbocycles.